The van der Waals surface area contributed by atoms with Crippen molar-refractivity contribution < 1.29 is 14.6 Å². The van der Waals surface area contributed by atoms with Gasteiger partial charge in [0.1, 0.15) is 0 Å². The minimum absolute atomic E-state index is 0.0319. The fourth-order valence-corrected chi connectivity index (χ4v) is 1.65. The van der Waals surface area contributed by atoms with E-state index >= 15 is 0 Å². The van der Waals surface area contributed by atoms with E-state index in [4.69, 9.17) is 15.2 Å². The van der Waals surface area contributed by atoms with Gasteiger partial charge in [0.25, 0.3) is 0 Å². The minimum atomic E-state index is -0.608. The van der Waals surface area contributed by atoms with Gasteiger partial charge in [0.15, 0.2) is 0 Å². The van der Waals surface area contributed by atoms with E-state index < -0.39 is 6.10 Å². The standard InChI is InChI=1S/C12H24N4O3/c1-10(8-18-2)19-9-12(17)7-16-6-11(14-15-16)4-3-5-13/h6,10,12,17H,3-5,7-9,13H2,1-2H3. The number of aliphatic hydroxyl groups excluding tert-OH is 1. The summed E-state index contributed by atoms with van der Waals surface area (Å²) in [6, 6.07) is 0. The van der Waals surface area contributed by atoms with E-state index in [1.54, 1.807) is 11.8 Å². The molecule has 0 spiro atoms. The van der Waals surface area contributed by atoms with Crippen LogP contribution in [0, 0.1) is 0 Å². The topological polar surface area (TPSA) is 95.4 Å². The molecule has 7 heteroatoms. The Kier molecular flexibility index (Phi) is 7.57. The molecule has 2 unspecified atom stereocenters. The van der Waals surface area contributed by atoms with Gasteiger partial charge in [0, 0.05) is 13.3 Å². The van der Waals surface area contributed by atoms with Gasteiger partial charge in [-0.3, -0.25) is 0 Å². The third-order valence-electron chi connectivity index (χ3n) is 2.60. The zero-order valence-electron chi connectivity index (χ0n) is 11.7. The number of nitrogens with zero attached hydrogens (tertiary/aromatic N) is 3. The van der Waals surface area contributed by atoms with Gasteiger partial charge in [0.2, 0.25) is 0 Å². The highest BCUT2D eigenvalue weighted by Crippen LogP contribution is 2.00. The summed E-state index contributed by atoms with van der Waals surface area (Å²) >= 11 is 0. The van der Waals surface area contributed by atoms with Crippen LogP contribution in [0.5, 0.6) is 0 Å². The highest BCUT2D eigenvalue weighted by atomic mass is 16.5. The number of nitrogens with two attached hydrogens (primary N) is 1. The van der Waals surface area contributed by atoms with Gasteiger partial charge >= 0.3 is 0 Å². The molecule has 0 radical (unpaired) electrons. The molecule has 0 bridgehead atoms. The Morgan fingerprint density at radius 2 is 2.26 bits per heavy atom. The maximum atomic E-state index is 9.83. The quantitative estimate of drug-likeness (QED) is 0.601. The monoisotopic (exact) mass is 272 g/mol. The largest absolute Gasteiger partial charge is 0.389 e. The number of aryl methyl sites for hydroxylation is 1. The second-order valence-electron chi connectivity index (χ2n) is 4.58. The Morgan fingerprint density at radius 3 is 2.95 bits per heavy atom. The van der Waals surface area contributed by atoms with Crippen molar-refractivity contribution in [3.63, 3.8) is 0 Å². The molecular formula is C12H24N4O3. The first-order valence-corrected chi connectivity index (χ1v) is 6.53. The molecule has 0 aliphatic heterocycles. The molecule has 2 atom stereocenters. The first kappa shape index (κ1) is 16.0. The molecule has 3 N–H and O–H groups in total. The number of rotatable bonds is 10. The molecular weight excluding hydrogens is 248 g/mol. The zero-order valence-corrected chi connectivity index (χ0v) is 11.7. The lowest BCUT2D eigenvalue weighted by molar-refractivity contribution is -0.0365. The summed E-state index contributed by atoms with van der Waals surface area (Å²) < 4.78 is 12.0. The van der Waals surface area contributed by atoms with E-state index in [1.807, 2.05) is 13.1 Å². The summed E-state index contributed by atoms with van der Waals surface area (Å²) in [5, 5.41) is 17.8. The van der Waals surface area contributed by atoms with Gasteiger partial charge in [0.05, 0.1) is 37.7 Å². The summed E-state index contributed by atoms with van der Waals surface area (Å²) in [6.45, 7) is 3.68. The summed E-state index contributed by atoms with van der Waals surface area (Å²) in [7, 11) is 1.62. The molecule has 0 saturated heterocycles. The fraction of sp³-hybridized carbons (Fsp3) is 0.833. The lowest BCUT2D eigenvalue weighted by atomic mass is 10.2. The Hall–Kier alpha value is -1.02. The molecule has 0 amide bonds. The lowest BCUT2D eigenvalue weighted by Crippen LogP contribution is -2.26. The average molecular weight is 272 g/mol. The van der Waals surface area contributed by atoms with E-state index in [-0.39, 0.29) is 12.7 Å². The van der Waals surface area contributed by atoms with E-state index in [2.05, 4.69) is 10.3 Å². The van der Waals surface area contributed by atoms with Crippen LogP contribution in [0.25, 0.3) is 0 Å². The van der Waals surface area contributed by atoms with E-state index in [9.17, 15) is 5.11 Å². The molecule has 0 fully saturated rings. The predicted molar refractivity (Wildman–Crippen MR) is 70.7 cm³/mol. The number of hydrogen-bond acceptors (Lipinski definition) is 6. The van der Waals surface area contributed by atoms with Crippen LogP contribution < -0.4 is 5.73 Å². The van der Waals surface area contributed by atoms with Crippen LogP contribution in [0.3, 0.4) is 0 Å². The normalized spacial score (nSPS) is 14.5. The zero-order chi connectivity index (χ0) is 14.1. The maximum Gasteiger partial charge on any atom is 0.0969 e. The van der Waals surface area contributed by atoms with Crippen LogP contribution in [0.2, 0.25) is 0 Å². The summed E-state index contributed by atoms with van der Waals surface area (Å²) in [5.74, 6) is 0. The van der Waals surface area contributed by atoms with Crippen molar-refractivity contribution in [1.29, 1.82) is 0 Å². The first-order chi connectivity index (χ1) is 9.15. The van der Waals surface area contributed by atoms with Gasteiger partial charge in [-0.2, -0.15) is 0 Å². The number of aliphatic hydroxyl groups is 1. The van der Waals surface area contributed by atoms with Crippen LogP contribution in [-0.4, -0.2) is 59.2 Å². The summed E-state index contributed by atoms with van der Waals surface area (Å²) in [4.78, 5) is 0. The van der Waals surface area contributed by atoms with Crippen molar-refractivity contribution in [2.24, 2.45) is 5.73 Å². The third kappa shape index (κ3) is 6.63. The maximum absolute atomic E-state index is 9.83. The van der Waals surface area contributed by atoms with Gasteiger partial charge in [-0.1, -0.05) is 5.21 Å². The molecule has 7 nitrogen and oxygen atoms in total. The molecule has 0 aliphatic rings. The predicted octanol–water partition coefficient (Wildman–Crippen LogP) is -0.418. The van der Waals surface area contributed by atoms with Crippen LogP contribution in [0.15, 0.2) is 6.20 Å². The van der Waals surface area contributed by atoms with Crippen LogP contribution in [0.1, 0.15) is 19.0 Å². The van der Waals surface area contributed by atoms with Gasteiger partial charge in [-0.15, -0.1) is 5.10 Å². The molecule has 1 aromatic heterocycles. The molecule has 0 aromatic carbocycles. The Labute approximate surface area is 113 Å². The molecule has 0 aliphatic carbocycles. The number of hydrogen-bond donors (Lipinski definition) is 2. The summed E-state index contributed by atoms with van der Waals surface area (Å²) in [6.07, 6.45) is 2.89. The van der Waals surface area contributed by atoms with E-state index in [0.29, 0.717) is 19.7 Å². The SMILES string of the molecule is COCC(C)OCC(O)Cn1cc(CCCN)nn1. The lowest BCUT2D eigenvalue weighted by Gasteiger charge is -2.15. The minimum Gasteiger partial charge on any atom is -0.389 e. The van der Waals surface area contributed by atoms with Crippen molar-refractivity contribution >= 4 is 0 Å². The fourth-order valence-electron chi connectivity index (χ4n) is 1.65. The molecule has 19 heavy (non-hydrogen) atoms. The van der Waals surface area contributed by atoms with Crippen molar-refractivity contribution in [3.05, 3.63) is 11.9 Å². The second-order valence-corrected chi connectivity index (χ2v) is 4.58. The smallest absolute Gasteiger partial charge is 0.0969 e. The van der Waals surface area contributed by atoms with E-state index in [1.165, 1.54) is 0 Å². The molecule has 1 heterocycles. The number of methoxy groups -OCH3 is 1. The van der Waals surface area contributed by atoms with Crippen LogP contribution in [0.4, 0.5) is 0 Å². The van der Waals surface area contributed by atoms with Crippen LogP contribution in [-0.2, 0) is 22.4 Å². The molecule has 1 rings (SSSR count). The molecule has 110 valence electrons. The molecule has 1 aromatic rings. The van der Waals surface area contributed by atoms with E-state index in [0.717, 1.165) is 18.5 Å². The highest BCUT2D eigenvalue weighted by molar-refractivity contribution is 4.92. The van der Waals surface area contributed by atoms with Crippen molar-refractivity contribution in [1.82, 2.24) is 15.0 Å². The van der Waals surface area contributed by atoms with Gasteiger partial charge in [-0.05, 0) is 26.3 Å². The highest BCUT2D eigenvalue weighted by Gasteiger charge is 2.10. The number of aromatic nitrogens is 3. The van der Waals surface area contributed by atoms with Gasteiger partial charge in [-0.25, -0.2) is 4.68 Å². The first-order valence-electron chi connectivity index (χ1n) is 6.53. The Balaban J connectivity index is 2.27. The summed E-state index contributed by atoms with van der Waals surface area (Å²) in [5.41, 5.74) is 6.33. The molecule has 0 saturated carbocycles. The Morgan fingerprint density at radius 1 is 1.47 bits per heavy atom. The van der Waals surface area contributed by atoms with Crippen molar-refractivity contribution in [2.45, 2.75) is 38.5 Å². The number of ether oxygens (including phenoxy) is 2. The van der Waals surface area contributed by atoms with Crippen molar-refractivity contribution in [2.75, 3.05) is 26.9 Å². The Bertz CT molecular complexity index is 345. The third-order valence-corrected chi connectivity index (χ3v) is 2.60. The average Bonchev–Trinajstić information content (AvgIpc) is 2.82. The second kappa shape index (κ2) is 8.98. The van der Waals surface area contributed by atoms with Crippen LogP contribution >= 0.6 is 0 Å². The van der Waals surface area contributed by atoms with Gasteiger partial charge < -0.3 is 20.3 Å². The van der Waals surface area contributed by atoms with Crippen molar-refractivity contribution in [3.8, 4) is 0 Å².